The summed E-state index contributed by atoms with van der Waals surface area (Å²) in [6.07, 6.45) is 12.3. The molecule has 0 aliphatic rings. The molecular weight excluding hydrogens is 292 g/mol. The number of hydrogen-bond acceptors (Lipinski definition) is 2. The van der Waals surface area contributed by atoms with E-state index < -0.39 is 6.09 Å². The highest BCUT2D eigenvalue weighted by Crippen LogP contribution is 2.17. The Kier molecular flexibility index (Phi) is 13.2. The summed E-state index contributed by atoms with van der Waals surface area (Å²) in [5, 5.41) is 12.0. The second kappa shape index (κ2) is 14.1. The molecule has 5 nitrogen and oxygen atoms in total. The van der Waals surface area contributed by atoms with E-state index in [2.05, 4.69) is 31.3 Å². The van der Waals surface area contributed by atoms with Crippen LogP contribution < -0.4 is 5.32 Å². The van der Waals surface area contributed by atoms with E-state index in [0.29, 0.717) is 0 Å². The molecule has 134 valence electrons. The SMILES string of the molecule is CC/C=C\CCCC(CCCCCC)N(CC(=O)NC)C(=O)O. The monoisotopic (exact) mass is 326 g/mol. The summed E-state index contributed by atoms with van der Waals surface area (Å²) >= 11 is 0. The first-order valence-corrected chi connectivity index (χ1v) is 8.91. The van der Waals surface area contributed by atoms with E-state index in [0.717, 1.165) is 51.4 Å². The molecule has 0 aromatic carbocycles. The van der Waals surface area contributed by atoms with E-state index in [9.17, 15) is 14.7 Å². The van der Waals surface area contributed by atoms with Crippen LogP contribution in [0.15, 0.2) is 12.2 Å². The maximum Gasteiger partial charge on any atom is 0.408 e. The van der Waals surface area contributed by atoms with Crippen LogP contribution in [0.25, 0.3) is 0 Å². The minimum absolute atomic E-state index is 0.0725. The van der Waals surface area contributed by atoms with E-state index in [1.165, 1.54) is 18.4 Å². The van der Waals surface area contributed by atoms with Gasteiger partial charge in [-0.2, -0.15) is 0 Å². The van der Waals surface area contributed by atoms with Crippen molar-refractivity contribution >= 4 is 12.0 Å². The number of carbonyl (C=O) groups excluding carboxylic acids is 1. The average molecular weight is 326 g/mol. The number of likely N-dealkylation sites (N-methyl/N-ethyl adjacent to an activating group) is 1. The molecular formula is C18H34N2O3. The van der Waals surface area contributed by atoms with Gasteiger partial charge in [-0.05, 0) is 32.1 Å². The molecule has 0 aromatic heterocycles. The van der Waals surface area contributed by atoms with Crippen molar-refractivity contribution in [1.29, 1.82) is 0 Å². The number of amides is 2. The van der Waals surface area contributed by atoms with E-state index >= 15 is 0 Å². The van der Waals surface area contributed by atoms with Crippen molar-refractivity contribution < 1.29 is 14.7 Å². The molecule has 0 fully saturated rings. The summed E-state index contributed by atoms with van der Waals surface area (Å²) in [5.41, 5.74) is 0. The van der Waals surface area contributed by atoms with Gasteiger partial charge in [-0.1, -0.05) is 51.7 Å². The summed E-state index contributed by atoms with van der Waals surface area (Å²) in [7, 11) is 1.54. The largest absolute Gasteiger partial charge is 0.465 e. The van der Waals surface area contributed by atoms with Gasteiger partial charge in [0.25, 0.3) is 0 Å². The van der Waals surface area contributed by atoms with Crippen LogP contribution in [0.2, 0.25) is 0 Å². The van der Waals surface area contributed by atoms with Crippen molar-refractivity contribution in [1.82, 2.24) is 10.2 Å². The van der Waals surface area contributed by atoms with Gasteiger partial charge in [0.1, 0.15) is 6.54 Å². The average Bonchev–Trinajstić information content (AvgIpc) is 2.54. The predicted octanol–water partition coefficient (Wildman–Crippen LogP) is 4.19. The Labute approximate surface area is 141 Å². The summed E-state index contributed by atoms with van der Waals surface area (Å²) in [6, 6.07) is -0.0725. The zero-order chi connectivity index (χ0) is 17.5. The van der Waals surface area contributed by atoms with Gasteiger partial charge < -0.3 is 10.4 Å². The molecule has 1 unspecified atom stereocenters. The second-order valence-corrected chi connectivity index (χ2v) is 5.90. The standard InChI is InChI=1S/C18H34N2O3/c1-4-6-8-10-12-14-16(13-11-9-7-5-2)20(18(22)23)15-17(21)19-3/h6,8,16H,4-5,7,9-15H2,1-3H3,(H,19,21)(H,22,23)/b8-6-. The number of nitrogens with one attached hydrogen (secondary N) is 1. The van der Waals surface area contributed by atoms with Crippen LogP contribution >= 0.6 is 0 Å². The van der Waals surface area contributed by atoms with Crippen molar-refractivity contribution in [2.45, 2.75) is 77.7 Å². The molecule has 0 heterocycles. The van der Waals surface area contributed by atoms with Gasteiger partial charge in [0.05, 0.1) is 0 Å². The van der Waals surface area contributed by atoms with Crippen LogP contribution in [0.5, 0.6) is 0 Å². The Balaban J connectivity index is 4.63. The smallest absolute Gasteiger partial charge is 0.408 e. The normalized spacial score (nSPS) is 12.3. The number of carboxylic acid groups (broad SMARTS) is 1. The fourth-order valence-electron chi connectivity index (χ4n) is 2.61. The molecule has 5 heteroatoms. The number of carbonyl (C=O) groups is 2. The number of hydrogen-bond donors (Lipinski definition) is 2. The van der Waals surface area contributed by atoms with Crippen LogP contribution in [0, 0.1) is 0 Å². The minimum Gasteiger partial charge on any atom is -0.465 e. The third-order valence-electron chi connectivity index (χ3n) is 3.98. The van der Waals surface area contributed by atoms with Gasteiger partial charge in [-0.25, -0.2) is 4.79 Å². The lowest BCUT2D eigenvalue weighted by Crippen LogP contribution is -2.45. The molecule has 0 aliphatic heterocycles. The molecule has 23 heavy (non-hydrogen) atoms. The second-order valence-electron chi connectivity index (χ2n) is 5.90. The molecule has 2 N–H and O–H groups in total. The summed E-state index contributed by atoms with van der Waals surface area (Å²) in [5.74, 6) is -0.253. The van der Waals surface area contributed by atoms with Crippen LogP contribution in [-0.2, 0) is 4.79 Å². The maximum atomic E-state index is 11.6. The Bertz CT molecular complexity index is 356. The summed E-state index contributed by atoms with van der Waals surface area (Å²) in [4.78, 5) is 24.5. The Hall–Kier alpha value is -1.52. The van der Waals surface area contributed by atoms with Gasteiger partial charge >= 0.3 is 6.09 Å². The van der Waals surface area contributed by atoms with E-state index in [-0.39, 0.29) is 18.5 Å². The lowest BCUT2D eigenvalue weighted by atomic mass is 10.0. The molecule has 0 aromatic rings. The third-order valence-corrected chi connectivity index (χ3v) is 3.98. The fourth-order valence-corrected chi connectivity index (χ4v) is 2.61. The summed E-state index contributed by atoms with van der Waals surface area (Å²) in [6.45, 7) is 4.18. The van der Waals surface area contributed by atoms with Crippen molar-refractivity contribution in [3.8, 4) is 0 Å². The Morgan fingerprint density at radius 3 is 2.35 bits per heavy atom. The first-order valence-electron chi connectivity index (χ1n) is 8.91. The minimum atomic E-state index is -1.00. The van der Waals surface area contributed by atoms with Crippen LogP contribution in [0.4, 0.5) is 4.79 Å². The maximum absolute atomic E-state index is 11.6. The first kappa shape index (κ1) is 21.5. The molecule has 1 atom stereocenters. The topological polar surface area (TPSA) is 69.6 Å². The Morgan fingerprint density at radius 1 is 1.09 bits per heavy atom. The zero-order valence-electron chi connectivity index (χ0n) is 15.0. The van der Waals surface area contributed by atoms with E-state index in [1.54, 1.807) is 0 Å². The highest BCUT2D eigenvalue weighted by molar-refractivity contribution is 5.81. The molecule has 0 bridgehead atoms. The quantitative estimate of drug-likeness (QED) is 0.394. The third kappa shape index (κ3) is 10.8. The van der Waals surface area contributed by atoms with Gasteiger partial charge in [0.2, 0.25) is 5.91 Å². The first-order chi connectivity index (χ1) is 11.1. The molecule has 0 radical (unpaired) electrons. The van der Waals surface area contributed by atoms with E-state index in [1.807, 2.05) is 0 Å². The van der Waals surface area contributed by atoms with E-state index in [4.69, 9.17) is 0 Å². The molecule has 0 rings (SSSR count). The zero-order valence-corrected chi connectivity index (χ0v) is 15.0. The van der Waals surface area contributed by atoms with Crippen molar-refractivity contribution in [2.24, 2.45) is 0 Å². The fraction of sp³-hybridized carbons (Fsp3) is 0.778. The summed E-state index contributed by atoms with van der Waals surface area (Å²) < 4.78 is 0. The lowest BCUT2D eigenvalue weighted by Gasteiger charge is -2.29. The number of nitrogens with zero attached hydrogens (tertiary/aromatic N) is 1. The molecule has 0 saturated heterocycles. The van der Waals surface area contributed by atoms with Gasteiger partial charge in [0, 0.05) is 13.1 Å². The molecule has 0 spiro atoms. The van der Waals surface area contributed by atoms with Crippen LogP contribution in [-0.4, -0.2) is 41.6 Å². The van der Waals surface area contributed by atoms with Gasteiger partial charge in [0.15, 0.2) is 0 Å². The highest BCUT2D eigenvalue weighted by atomic mass is 16.4. The molecule has 2 amide bonds. The van der Waals surface area contributed by atoms with Crippen molar-refractivity contribution in [3.63, 3.8) is 0 Å². The molecule has 0 saturated carbocycles. The van der Waals surface area contributed by atoms with Gasteiger partial charge in [-0.15, -0.1) is 0 Å². The van der Waals surface area contributed by atoms with Crippen molar-refractivity contribution in [2.75, 3.05) is 13.6 Å². The van der Waals surface area contributed by atoms with Gasteiger partial charge in [-0.3, -0.25) is 9.69 Å². The lowest BCUT2D eigenvalue weighted by molar-refractivity contribution is -0.122. The highest BCUT2D eigenvalue weighted by Gasteiger charge is 2.24. The number of unbranched alkanes of at least 4 members (excludes halogenated alkanes) is 4. The number of rotatable bonds is 13. The molecule has 0 aliphatic carbocycles. The van der Waals surface area contributed by atoms with Crippen molar-refractivity contribution in [3.05, 3.63) is 12.2 Å². The predicted molar refractivity (Wildman–Crippen MR) is 94.6 cm³/mol. The number of allylic oxidation sites excluding steroid dienone is 2. The van der Waals surface area contributed by atoms with Crippen LogP contribution in [0.1, 0.15) is 71.6 Å². The van der Waals surface area contributed by atoms with Crippen LogP contribution in [0.3, 0.4) is 0 Å². The Morgan fingerprint density at radius 2 is 1.78 bits per heavy atom.